The van der Waals surface area contributed by atoms with Crippen LogP contribution in [0.5, 0.6) is 0 Å². The first-order valence-electron chi connectivity index (χ1n) is 8.39. The highest BCUT2D eigenvalue weighted by Crippen LogP contribution is 2.25. The van der Waals surface area contributed by atoms with Gasteiger partial charge in [0.25, 0.3) is 0 Å². The molecule has 0 aliphatic carbocycles. The Hall–Kier alpha value is -2.09. The van der Waals surface area contributed by atoms with E-state index in [1.165, 1.54) is 0 Å². The van der Waals surface area contributed by atoms with Crippen LogP contribution in [0.2, 0.25) is 5.02 Å². The van der Waals surface area contributed by atoms with Crippen LogP contribution in [0.25, 0.3) is 0 Å². The second-order valence-electron chi connectivity index (χ2n) is 6.09. The van der Waals surface area contributed by atoms with Crippen LogP contribution in [0.1, 0.15) is 11.1 Å². The number of ether oxygens (including phenoxy) is 1. The Morgan fingerprint density at radius 2 is 1.89 bits per heavy atom. The lowest BCUT2D eigenvalue weighted by Gasteiger charge is -2.23. The van der Waals surface area contributed by atoms with Gasteiger partial charge in [-0.15, -0.1) is 0 Å². The number of sulfonamides is 1. The van der Waals surface area contributed by atoms with Gasteiger partial charge in [0, 0.05) is 11.6 Å². The lowest BCUT2D eigenvalue weighted by molar-refractivity contribution is -0.119. The van der Waals surface area contributed by atoms with Crippen LogP contribution in [0.15, 0.2) is 48.5 Å². The molecule has 1 amide bonds. The molecule has 2 rings (SSSR count). The third-order valence-electron chi connectivity index (χ3n) is 3.80. The first-order chi connectivity index (χ1) is 12.8. The summed E-state index contributed by atoms with van der Waals surface area (Å²) < 4.78 is 30.8. The van der Waals surface area contributed by atoms with E-state index >= 15 is 0 Å². The summed E-state index contributed by atoms with van der Waals surface area (Å²) in [4.78, 5) is 12.2. The molecule has 0 aromatic heterocycles. The first kappa shape index (κ1) is 21.2. The van der Waals surface area contributed by atoms with Crippen molar-refractivity contribution in [1.29, 1.82) is 0 Å². The van der Waals surface area contributed by atoms with Crippen molar-refractivity contribution in [2.45, 2.75) is 13.5 Å². The summed E-state index contributed by atoms with van der Waals surface area (Å²) >= 11 is 5.92. The molecule has 27 heavy (non-hydrogen) atoms. The smallest absolute Gasteiger partial charge is 0.240 e. The minimum Gasteiger partial charge on any atom is -0.375 e. The minimum atomic E-state index is -3.62. The third-order valence-corrected chi connectivity index (χ3v) is 5.16. The second-order valence-corrected chi connectivity index (χ2v) is 8.43. The maximum absolute atomic E-state index is 12.2. The highest BCUT2D eigenvalue weighted by molar-refractivity contribution is 7.92. The van der Waals surface area contributed by atoms with Gasteiger partial charge in [0.2, 0.25) is 15.9 Å². The van der Waals surface area contributed by atoms with Crippen molar-refractivity contribution in [1.82, 2.24) is 5.32 Å². The van der Waals surface area contributed by atoms with Crippen LogP contribution in [-0.4, -0.2) is 40.3 Å². The fourth-order valence-electron chi connectivity index (χ4n) is 2.49. The molecule has 0 saturated carbocycles. The molecule has 0 atom stereocenters. The molecular weight excluding hydrogens is 388 g/mol. The summed E-state index contributed by atoms with van der Waals surface area (Å²) in [5, 5.41) is 3.18. The number of carbonyl (C=O) groups excluding carboxylic acids is 1. The number of hydrogen-bond donors (Lipinski definition) is 1. The summed E-state index contributed by atoms with van der Waals surface area (Å²) in [6.07, 6.45) is 1.07. The number of rotatable bonds is 9. The van der Waals surface area contributed by atoms with Gasteiger partial charge in [-0.25, -0.2) is 8.42 Å². The number of nitrogens with zero attached hydrogens (tertiary/aromatic N) is 1. The maximum Gasteiger partial charge on any atom is 0.240 e. The zero-order valence-electron chi connectivity index (χ0n) is 15.3. The van der Waals surface area contributed by atoms with Crippen molar-refractivity contribution >= 4 is 33.2 Å². The highest BCUT2D eigenvalue weighted by atomic mass is 35.5. The van der Waals surface area contributed by atoms with Gasteiger partial charge in [0.1, 0.15) is 6.54 Å². The van der Waals surface area contributed by atoms with E-state index in [2.05, 4.69) is 5.32 Å². The summed E-state index contributed by atoms with van der Waals surface area (Å²) in [7, 11) is -3.62. The van der Waals surface area contributed by atoms with Crippen molar-refractivity contribution < 1.29 is 17.9 Å². The Bertz CT molecular complexity index is 873. The van der Waals surface area contributed by atoms with Crippen molar-refractivity contribution in [3.05, 3.63) is 64.7 Å². The molecule has 0 fully saturated rings. The lowest BCUT2D eigenvalue weighted by Crippen LogP contribution is -2.41. The van der Waals surface area contributed by atoms with Crippen LogP contribution < -0.4 is 9.62 Å². The summed E-state index contributed by atoms with van der Waals surface area (Å²) in [6, 6.07) is 14.5. The van der Waals surface area contributed by atoms with Gasteiger partial charge >= 0.3 is 0 Å². The SMILES string of the molecule is Cc1cc(Cl)ccc1N(CC(=O)NCCOCc1ccccc1)S(C)(=O)=O. The van der Waals surface area contributed by atoms with Crippen molar-refractivity contribution in [2.24, 2.45) is 0 Å². The summed E-state index contributed by atoms with van der Waals surface area (Å²) in [5.74, 6) is -0.405. The third kappa shape index (κ3) is 6.86. The number of nitrogens with one attached hydrogen (secondary N) is 1. The van der Waals surface area contributed by atoms with E-state index in [9.17, 15) is 13.2 Å². The molecule has 0 saturated heterocycles. The molecule has 0 bridgehead atoms. The van der Waals surface area contributed by atoms with Gasteiger partial charge in [0.15, 0.2) is 0 Å². The number of halogens is 1. The Morgan fingerprint density at radius 3 is 2.52 bits per heavy atom. The molecule has 8 heteroatoms. The highest BCUT2D eigenvalue weighted by Gasteiger charge is 2.22. The van der Waals surface area contributed by atoms with Gasteiger partial charge < -0.3 is 10.1 Å². The van der Waals surface area contributed by atoms with E-state index < -0.39 is 15.9 Å². The number of aryl methyl sites for hydroxylation is 1. The normalized spacial score (nSPS) is 11.2. The van der Waals surface area contributed by atoms with Gasteiger partial charge in [-0.1, -0.05) is 41.9 Å². The fourth-order valence-corrected chi connectivity index (χ4v) is 3.63. The first-order valence-corrected chi connectivity index (χ1v) is 10.6. The Morgan fingerprint density at radius 1 is 1.19 bits per heavy atom. The van der Waals surface area contributed by atoms with Crippen molar-refractivity contribution in [3.8, 4) is 0 Å². The van der Waals surface area contributed by atoms with Crippen LogP contribution in [0.4, 0.5) is 5.69 Å². The van der Waals surface area contributed by atoms with Gasteiger partial charge in [-0.3, -0.25) is 9.10 Å². The van der Waals surface area contributed by atoms with E-state index in [0.717, 1.165) is 16.1 Å². The number of hydrogen-bond acceptors (Lipinski definition) is 4. The van der Waals surface area contributed by atoms with Crippen LogP contribution >= 0.6 is 11.6 Å². The molecule has 2 aromatic carbocycles. The predicted octanol–water partition coefficient (Wildman–Crippen LogP) is 2.75. The monoisotopic (exact) mass is 410 g/mol. The van der Waals surface area contributed by atoms with Gasteiger partial charge in [-0.2, -0.15) is 0 Å². The van der Waals surface area contributed by atoms with Crippen molar-refractivity contribution in [3.63, 3.8) is 0 Å². The van der Waals surface area contributed by atoms with E-state index in [1.54, 1.807) is 25.1 Å². The van der Waals surface area contributed by atoms with Crippen LogP contribution in [0.3, 0.4) is 0 Å². The van der Waals surface area contributed by atoms with Crippen LogP contribution in [0, 0.1) is 6.92 Å². The number of carbonyl (C=O) groups is 1. The average molecular weight is 411 g/mol. The number of amides is 1. The topological polar surface area (TPSA) is 75.7 Å². The van der Waals surface area contributed by atoms with E-state index in [4.69, 9.17) is 16.3 Å². The number of anilines is 1. The van der Waals surface area contributed by atoms with Gasteiger partial charge in [-0.05, 0) is 36.2 Å². The molecular formula is C19H23ClN2O4S. The summed E-state index contributed by atoms with van der Waals surface area (Å²) in [6.45, 7) is 2.52. The average Bonchev–Trinajstić information content (AvgIpc) is 2.60. The molecule has 0 spiro atoms. The molecule has 0 heterocycles. The summed E-state index contributed by atoms with van der Waals surface area (Å²) in [5.41, 5.74) is 2.15. The minimum absolute atomic E-state index is 0.295. The molecule has 0 unspecified atom stereocenters. The second kappa shape index (κ2) is 9.73. The van der Waals surface area contributed by atoms with Gasteiger partial charge in [0.05, 0.1) is 25.2 Å². The lowest BCUT2D eigenvalue weighted by atomic mass is 10.2. The standard InChI is InChI=1S/C19H23ClN2O4S/c1-15-12-17(20)8-9-18(15)22(27(2,24)25)13-19(23)21-10-11-26-14-16-6-4-3-5-7-16/h3-9,12H,10-11,13-14H2,1-2H3,(H,21,23). The predicted molar refractivity (Wildman–Crippen MR) is 107 cm³/mol. The van der Waals surface area contributed by atoms with Crippen molar-refractivity contribution in [2.75, 3.05) is 30.3 Å². The van der Waals surface area contributed by atoms with Crippen LogP contribution in [-0.2, 0) is 26.2 Å². The van der Waals surface area contributed by atoms with E-state index in [-0.39, 0.29) is 6.54 Å². The number of benzene rings is 2. The largest absolute Gasteiger partial charge is 0.375 e. The quantitative estimate of drug-likeness (QED) is 0.645. The zero-order chi connectivity index (χ0) is 19.9. The molecule has 0 aliphatic heterocycles. The molecule has 0 aliphatic rings. The Kier molecular flexibility index (Phi) is 7.65. The molecule has 0 radical (unpaired) electrons. The molecule has 6 nitrogen and oxygen atoms in total. The molecule has 146 valence electrons. The maximum atomic E-state index is 12.2. The molecule has 1 N–H and O–H groups in total. The van der Waals surface area contributed by atoms with E-state index in [1.807, 2.05) is 30.3 Å². The zero-order valence-corrected chi connectivity index (χ0v) is 16.9. The Labute approximate surface area is 165 Å². The van der Waals surface area contributed by atoms with E-state index in [0.29, 0.717) is 36.0 Å². The fraction of sp³-hybridized carbons (Fsp3) is 0.316. The Balaban J connectivity index is 1.87. The molecule has 2 aromatic rings.